The van der Waals surface area contributed by atoms with Crippen LogP contribution < -0.4 is 0 Å². The van der Waals surface area contributed by atoms with Gasteiger partial charge in [0, 0.05) is 4.47 Å². The van der Waals surface area contributed by atoms with Crippen molar-refractivity contribution in [3.05, 3.63) is 58.1 Å². The summed E-state index contributed by atoms with van der Waals surface area (Å²) >= 11 is 3.54. The van der Waals surface area contributed by atoms with Gasteiger partial charge in [0.2, 0.25) is 0 Å². The van der Waals surface area contributed by atoms with Gasteiger partial charge < -0.3 is 0 Å². The van der Waals surface area contributed by atoms with E-state index < -0.39 is 0 Å². The van der Waals surface area contributed by atoms with Crippen LogP contribution in [-0.4, -0.2) is 0 Å². The zero-order valence-corrected chi connectivity index (χ0v) is 17.6. The fraction of sp³-hybridized carbons (Fsp3) is 0.500. The highest BCUT2D eigenvalue weighted by atomic mass is 79.9. The number of unbranched alkanes of at least 4 members (excludes halogenated alkanes) is 6. The van der Waals surface area contributed by atoms with Crippen LogP contribution in [0.3, 0.4) is 0 Å². The highest BCUT2D eigenvalue weighted by molar-refractivity contribution is 9.10. The number of aryl methyl sites for hydroxylation is 2. The standard InChI is InChI=1S/C24H33Br/c1-3-5-7-9-11-20-17-21(12-10-8-6-4-2)19-23(18-20)22-13-15-24(25)16-14-22/h13-19H,3-12H2,1-2H3. The maximum atomic E-state index is 3.54. The number of hydrogen-bond donors (Lipinski definition) is 0. The molecule has 0 spiro atoms. The second-order valence-electron chi connectivity index (χ2n) is 7.17. The van der Waals surface area contributed by atoms with E-state index in [4.69, 9.17) is 0 Å². The van der Waals surface area contributed by atoms with Gasteiger partial charge in [-0.05, 0) is 60.1 Å². The molecular weight excluding hydrogens is 368 g/mol. The van der Waals surface area contributed by atoms with E-state index in [0.29, 0.717) is 0 Å². The third kappa shape index (κ3) is 7.36. The first kappa shape index (κ1) is 20.2. The van der Waals surface area contributed by atoms with Crippen LogP contribution in [0.5, 0.6) is 0 Å². The van der Waals surface area contributed by atoms with Gasteiger partial charge in [-0.25, -0.2) is 0 Å². The highest BCUT2D eigenvalue weighted by Crippen LogP contribution is 2.26. The normalized spacial score (nSPS) is 11.0. The molecule has 136 valence electrons. The van der Waals surface area contributed by atoms with E-state index in [1.54, 1.807) is 0 Å². The molecule has 0 nitrogen and oxygen atoms in total. The van der Waals surface area contributed by atoms with Crippen LogP contribution in [0.15, 0.2) is 46.9 Å². The van der Waals surface area contributed by atoms with Crippen LogP contribution in [-0.2, 0) is 12.8 Å². The van der Waals surface area contributed by atoms with Gasteiger partial charge in [-0.15, -0.1) is 0 Å². The summed E-state index contributed by atoms with van der Waals surface area (Å²) < 4.78 is 1.15. The molecule has 0 unspecified atom stereocenters. The molecule has 0 bridgehead atoms. The molecule has 0 N–H and O–H groups in total. The predicted octanol–water partition coefficient (Wildman–Crippen LogP) is 8.36. The van der Waals surface area contributed by atoms with Gasteiger partial charge in [0.05, 0.1) is 0 Å². The molecule has 0 atom stereocenters. The number of rotatable bonds is 11. The molecule has 0 radical (unpaired) electrons. The maximum absolute atomic E-state index is 3.54. The lowest BCUT2D eigenvalue weighted by Crippen LogP contribution is -1.93. The Morgan fingerprint density at radius 1 is 0.600 bits per heavy atom. The van der Waals surface area contributed by atoms with Crippen LogP contribution in [0.4, 0.5) is 0 Å². The van der Waals surface area contributed by atoms with Crippen molar-refractivity contribution in [1.82, 2.24) is 0 Å². The molecule has 0 aromatic heterocycles. The van der Waals surface area contributed by atoms with Gasteiger partial charge in [-0.3, -0.25) is 0 Å². The summed E-state index contributed by atoms with van der Waals surface area (Å²) in [6, 6.07) is 16.0. The number of hydrogen-bond acceptors (Lipinski definition) is 0. The van der Waals surface area contributed by atoms with Crippen molar-refractivity contribution in [2.24, 2.45) is 0 Å². The summed E-state index contributed by atoms with van der Waals surface area (Å²) in [7, 11) is 0. The second kappa shape index (κ2) is 11.5. The average Bonchev–Trinajstić information content (AvgIpc) is 2.63. The van der Waals surface area contributed by atoms with E-state index in [0.717, 1.165) is 4.47 Å². The van der Waals surface area contributed by atoms with Gasteiger partial charge in [-0.2, -0.15) is 0 Å². The molecule has 0 aliphatic carbocycles. The summed E-state index contributed by atoms with van der Waals surface area (Å²) in [5, 5.41) is 0. The van der Waals surface area contributed by atoms with E-state index in [1.165, 1.54) is 86.5 Å². The van der Waals surface area contributed by atoms with Crippen molar-refractivity contribution in [1.29, 1.82) is 0 Å². The summed E-state index contributed by atoms with van der Waals surface area (Å²) in [4.78, 5) is 0. The van der Waals surface area contributed by atoms with E-state index >= 15 is 0 Å². The lowest BCUT2D eigenvalue weighted by molar-refractivity contribution is 0.661. The largest absolute Gasteiger partial charge is 0.0654 e. The van der Waals surface area contributed by atoms with Crippen LogP contribution >= 0.6 is 15.9 Å². The zero-order chi connectivity index (χ0) is 17.9. The van der Waals surface area contributed by atoms with Crippen molar-refractivity contribution in [3.8, 4) is 11.1 Å². The fourth-order valence-electron chi connectivity index (χ4n) is 3.37. The smallest absolute Gasteiger partial charge is 0.0175 e. The molecule has 0 aliphatic heterocycles. The molecule has 2 aromatic carbocycles. The van der Waals surface area contributed by atoms with E-state index in [2.05, 4.69) is 72.2 Å². The molecule has 0 saturated heterocycles. The van der Waals surface area contributed by atoms with Crippen LogP contribution in [0, 0.1) is 0 Å². The minimum atomic E-state index is 1.15. The van der Waals surface area contributed by atoms with Gasteiger partial charge in [0.1, 0.15) is 0 Å². The topological polar surface area (TPSA) is 0 Å². The molecule has 2 aromatic rings. The maximum Gasteiger partial charge on any atom is 0.0175 e. The van der Waals surface area contributed by atoms with Crippen LogP contribution in [0.25, 0.3) is 11.1 Å². The predicted molar refractivity (Wildman–Crippen MR) is 115 cm³/mol. The fourth-order valence-corrected chi connectivity index (χ4v) is 3.64. The van der Waals surface area contributed by atoms with Crippen molar-refractivity contribution in [3.63, 3.8) is 0 Å². The van der Waals surface area contributed by atoms with Crippen molar-refractivity contribution < 1.29 is 0 Å². The monoisotopic (exact) mass is 400 g/mol. The Kier molecular flexibility index (Phi) is 9.32. The average molecular weight is 401 g/mol. The van der Waals surface area contributed by atoms with Crippen molar-refractivity contribution in [2.75, 3.05) is 0 Å². The van der Waals surface area contributed by atoms with Gasteiger partial charge in [0.25, 0.3) is 0 Å². The summed E-state index contributed by atoms with van der Waals surface area (Å²) in [6.45, 7) is 4.56. The van der Waals surface area contributed by atoms with Gasteiger partial charge >= 0.3 is 0 Å². The Labute approximate surface area is 163 Å². The lowest BCUT2D eigenvalue weighted by atomic mass is 9.95. The lowest BCUT2D eigenvalue weighted by Gasteiger charge is -2.11. The first-order valence-corrected chi connectivity index (χ1v) is 10.9. The molecule has 0 aliphatic rings. The second-order valence-corrected chi connectivity index (χ2v) is 8.08. The summed E-state index contributed by atoms with van der Waals surface area (Å²) in [6.07, 6.45) is 13.1. The third-order valence-corrected chi connectivity index (χ3v) is 5.40. The van der Waals surface area contributed by atoms with Crippen molar-refractivity contribution in [2.45, 2.75) is 78.1 Å². The van der Waals surface area contributed by atoms with Crippen LogP contribution in [0.1, 0.15) is 76.3 Å². The minimum absolute atomic E-state index is 1.15. The summed E-state index contributed by atoms with van der Waals surface area (Å²) in [5.74, 6) is 0. The molecule has 0 saturated carbocycles. The Morgan fingerprint density at radius 2 is 1.12 bits per heavy atom. The molecular formula is C24H33Br. The molecule has 0 heterocycles. The van der Waals surface area contributed by atoms with Gasteiger partial charge in [0.15, 0.2) is 0 Å². The molecule has 2 rings (SSSR count). The first-order valence-electron chi connectivity index (χ1n) is 10.1. The minimum Gasteiger partial charge on any atom is -0.0654 e. The first-order chi connectivity index (χ1) is 12.2. The van der Waals surface area contributed by atoms with Crippen LogP contribution in [0.2, 0.25) is 0 Å². The van der Waals surface area contributed by atoms with Crippen molar-refractivity contribution >= 4 is 15.9 Å². The Morgan fingerprint density at radius 3 is 1.60 bits per heavy atom. The summed E-state index contributed by atoms with van der Waals surface area (Å²) in [5.41, 5.74) is 5.74. The zero-order valence-electron chi connectivity index (χ0n) is 16.0. The van der Waals surface area contributed by atoms with Gasteiger partial charge in [-0.1, -0.05) is 98.6 Å². The molecule has 0 fully saturated rings. The quantitative estimate of drug-likeness (QED) is 0.332. The molecule has 0 amide bonds. The molecule has 1 heteroatoms. The highest BCUT2D eigenvalue weighted by Gasteiger charge is 2.05. The number of benzene rings is 2. The van der Waals surface area contributed by atoms with E-state index in [9.17, 15) is 0 Å². The third-order valence-electron chi connectivity index (χ3n) is 4.87. The Hall–Kier alpha value is -1.08. The van der Waals surface area contributed by atoms with E-state index in [-0.39, 0.29) is 0 Å². The number of halogens is 1. The Bertz CT molecular complexity index is 582. The SMILES string of the molecule is CCCCCCc1cc(CCCCCC)cc(-c2ccc(Br)cc2)c1. The Balaban J connectivity index is 2.13. The van der Waals surface area contributed by atoms with E-state index in [1.807, 2.05) is 0 Å². The molecule has 25 heavy (non-hydrogen) atoms.